The van der Waals surface area contributed by atoms with Crippen LogP contribution in [0.1, 0.15) is 33.1 Å². The fraction of sp³-hybridized carbons (Fsp3) is 0.529. The van der Waals surface area contributed by atoms with Crippen LogP contribution < -0.4 is 0 Å². The molecule has 0 aromatic rings. The molecule has 1 aliphatic carbocycles. The molecular formula is C17H24O5. The lowest BCUT2D eigenvalue weighted by Gasteiger charge is -2.27. The van der Waals surface area contributed by atoms with Crippen LogP contribution in [0.15, 0.2) is 36.5 Å². The van der Waals surface area contributed by atoms with Crippen molar-refractivity contribution >= 4 is 11.9 Å². The van der Waals surface area contributed by atoms with Gasteiger partial charge in [-0.2, -0.15) is 0 Å². The molecule has 22 heavy (non-hydrogen) atoms. The zero-order valence-electron chi connectivity index (χ0n) is 13.3. The van der Waals surface area contributed by atoms with Crippen LogP contribution in [0.3, 0.4) is 0 Å². The molecule has 0 aliphatic heterocycles. The normalized spacial score (nSPS) is 20.2. The molecule has 0 heterocycles. The quantitative estimate of drug-likeness (QED) is 0.372. The topological polar surface area (TPSA) is 61.8 Å². The van der Waals surface area contributed by atoms with Gasteiger partial charge in [0.15, 0.2) is 0 Å². The molecule has 0 amide bonds. The van der Waals surface area contributed by atoms with Crippen LogP contribution in [-0.2, 0) is 23.8 Å². The number of esters is 2. The van der Waals surface area contributed by atoms with Gasteiger partial charge in [0, 0.05) is 0 Å². The van der Waals surface area contributed by atoms with Crippen molar-refractivity contribution in [1.29, 1.82) is 0 Å². The van der Waals surface area contributed by atoms with E-state index in [-0.39, 0.29) is 19.2 Å². The SMILES string of the molecule is C=CCOC(=O)COC1(C)C=CC(C(=O)OCCCC)=CC1. The lowest BCUT2D eigenvalue weighted by molar-refractivity contribution is -0.152. The number of unbranched alkanes of at least 4 members (excludes halogenated alkanes) is 1. The van der Waals surface area contributed by atoms with E-state index in [2.05, 4.69) is 6.58 Å². The Kier molecular flexibility index (Phi) is 7.60. The Labute approximate surface area is 131 Å². The average Bonchev–Trinajstić information content (AvgIpc) is 2.52. The summed E-state index contributed by atoms with van der Waals surface area (Å²) in [5.74, 6) is -0.764. The molecule has 0 N–H and O–H groups in total. The number of rotatable bonds is 9. The van der Waals surface area contributed by atoms with Crippen LogP contribution in [0.5, 0.6) is 0 Å². The highest BCUT2D eigenvalue weighted by Gasteiger charge is 2.26. The second-order valence-electron chi connectivity index (χ2n) is 5.26. The molecule has 0 aromatic heterocycles. The molecule has 0 radical (unpaired) electrons. The lowest BCUT2D eigenvalue weighted by atomic mass is 9.94. The maximum absolute atomic E-state index is 11.8. The fourth-order valence-corrected chi connectivity index (χ4v) is 1.78. The predicted octanol–water partition coefficient (Wildman–Crippen LogP) is 2.72. The van der Waals surface area contributed by atoms with E-state index in [0.29, 0.717) is 18.6 Å². The van der Waals surface area contributed by atoms with Gasteiger partial charge in [0.05, 0.1) is 17.8 Å². The minimum absolute atomic E-state index is 0.140. The minimum atomic E-state index is -0.625. The highest BCUT2D eigenvalue weighted by atomic mass is 16.6. The highest BCUT2D eigenvalue weighted by molar-refractivity contribution is 5.91. The molecule has 0 saturated heterocycles. The van der Waals surface area contributed by atoms with Crippen LogP contribution in [0.2, 0.25) is 0 Å². The van der Waals surface area contributed by atoms with E-state index in [1.165, 1.54) is 6.08 Å². The van der Waals surface area contributed by atoms with E-state index >= 15 is 0 Å². The molecule has 1 unspecified atom stereocenters. The molecule has 5 nitrogen and oxygen atoms in total. The van der Waals surface area contributed by atoms with Gasteiger partial charge >= 0.3 is 11.9 Å². The summed E-state index contributed by atoms with van der Waals surface area (Å²) in [5.41, 5.74) is -0.105. The number of hydrogen-bond donors (Lipinski definition) is 0. The molecule has 0 fully saturated rings. The summed E-state index contributed by atoms with van der Waals surface area (Å²) < 4.78 is 15.6. The van der Waals surface area contributed by atoms with Gasteiger partial charge in [-0.25, -0.2) is 9.59 Å². The van der Waals surface area contributed by atoms with Crippen molar-refractivity contribution in [2.45, 2.75) is 38.7 Å². The summed E-state index contributed by atoms with van der Waals surface area (Å²) in [6, 6.07) is 0. The van der Waals surface area contributed by atoms with E-state index < -0.39 is 11.6 Å². The second-order valence-corrected chi connectivity index (χ2v) is 5.26. The standard InChI is InChI=1S/C17H24O5/c1-4-6-12-21-16(19)14-7-9-17(3,10-8-14)22-13-15(18)20-11-5-2/h5,7-9H,2,4,6,10-13H2,1,3H3. The van der Waals surface area contributed by atoms with Gasteiger partial charge < -0.3 is 14.2 Å². The smallest absolute Gasteiger partial charge is 0.337 e. The summed E-state index contributed by atoms with van der Waals surface area (Å²) in [6.07, 6.45) is 9.04. The van der Waals surface area contributed by atoms with Gasteiger partial charge in [-0.3, -0.25) is 0 Å². The first-order valence-electron chi connectivity index (χ1n) is 7.47. The summed E-state index contributed by atoms with van der Waals surface area (Å²) in [4.78, 5) is 23.2. The van der Waals surface area contributed by atoms with Gasteiger partial charge in [-0.05, 0) is 25.8 Å². The molecule has 0 bridgehead atoms. The first-order chi connectivity index (χ1) is 10.5. The van der Waals surface area contributed by atoms with Gasteiger partial charge in [0.1, 0.15) is 13.2 Å². The van der Waals surface area contributed by atoms with Gasteiger partial charge in [-0.1, -0.05) is 38.2 Å². The number of carbonyl (C=O) groups excluding carboxylic acids is 2. The summed E-state index contributed by atoms with van der Waals surface area (Å²) >= 11 is 0. The molecule has 1 atom stereocenters. The molecule has 0 saturated carbocycles. The number of hydrogen-bond acceptors (Lipinski definition) is 5. The zero-order valence-corrected chi connectivity index (χ0v) is 13.3. The molecule has 1 aliphatic rings. The van der Waals surface area contributed by atoms with Crippen molar-refractivity contribution in [3.63, 3.8) is 0 Å². The van der Waals surface area contributed by atoms with Crippen molar-refractivity contribution in [2.24, 2.45) is 0 Å². The Hall–Kier alpha value is -1.88. The summed E-state index contributed by atoms with van der Waals surface area (Å²) in [6.45, 7) is 7.82. The largest absolute Gasteiger partial charge is 0.462 e. The monoisotopic (exact) mass is 308 g/mol. The van der Waals surface area contributed by atoms with Crippen molar-refractivity contribution in [2.75, 3.05) is 19.8 Å². The van der Waals surface area contributed by atoms with Gasteiger partial charge in [0.2, 0.25) is 0 Å². The summed E-state index contributed by atoms with van der Waals surface area (Å²) in [5, 5.41) is 0. The lowest BCUT2D eigenvalue weighted by Crippen LogP contribution is -2.31. The van der Waals surface area contributed by atoms with Crippen LogP contribution in [-0.4, -0.2) is 37.4 Å². The van der Waals surface area contributed by atoms with E-state index in [1.54, 1.807) is 18.2 Å². The Balaban J connectivity index is 2.41. The first-order valence-corrected chi connectivity index (χ1v) is 7.47. The van der Waals surface area contributed by atoms with E-state index in [1.807, 2.05) is 13.8 Å². The number of carbonyl (C=O) groups is 2. The maximum Gasteiger partial charge on any atom is 0.337 e. The molecular weight excluding hydrogens is 284 g/mol. The Morgan fingerprint density at radius 2 is 2.18 bits per heavy atom. The molecule has 122 valence electrons. The van der Waals surface area contributed by atoms with Crippen LogP contribution in [0.25, 0.3) is 0 Å². The maximum atomic E-state index is 11.8. The van der Waals surface area contributed by atoms with Crippen LogP contribution >= 0.6 is 0 Å². The molecule has 0 aromatic carbocycles. The Morgan fingerprint density at radius 1 is 1.41 bits per heavy atom. The van der Waals surface area contributed by atoms with Crippen molar-refractivity contribution in [3.05, 3.63) is 36.5 Å². The average molecular weight is 308 g/mol. The van der Waals surface area contributed by atoms with E-state index in [4.69, 9.17) is 14.2 Å². The Morgan fingerprint density at radius 3 is 2.77 bits per heavy atom. The highest BCUT2D eigenvalue weighted by Crippen LogP contribution is 2.25. The third-order valence-corrected chi connectivity index (χ3v) is 3.19. The third-order valence-electron chi connectivity index (χ3n) is 3.19. The van der Waals surface area contributed by atoms with Crippen LogP contribution in [0, 0.1) is 0 Å². The predicted molar refractivity (Wildman–Crippen MR) is 83.2 cm³/mol. The van der Waals surface area contributed by atoms with Crippen LogP contribution in [0.4, 0.5) is 0 Å². The zero-order chi connectivity index (χ0) is 16.4. The van der Waals surface area contributed by atoms with Gasteiger partial charge in [0.25, 0.3) is 0 Å². The third kappa shape index (κ3) is 6.26. The summed E-state index contributed by atoms with van der Waals surface area (Å²) in [7, 11) is 0. The number of ether oxygens (including phenoxy) is 3. The van der Waals surface area contributed by atoms with Crippen molar-refractivity contribution in [3.8, 4) is 0 Å². The van der Waals surface area contributed by atoms with E-state index in [9.17, 15) is 9.59 Å². The molecule has 5 heteroatoms. The van der Waals surface area contributed by atoms with Crippen molar-refractivity contribution in [1.82, 2.24) is 0 Å². The van der Waals surface area contributed by atoms with Gasteiger partial charge in [-0.15, -0.1) is 0 Å². The molecule has 1 rings (SSSR count). The van der Waals surface area contributed by atoms with E-state index in [0.717, 1.165) is 12.8 Å². The fourth-order valence-electron chi connectivity index (χ4n) is 1.78. The first kappa shape index (κ1) is 18.2. The van der Waals surface area contributed by atoms with Crippen molar-refractivity contribution < 1.29 is 23.8 Å². The Bertz CT molecular complexity index is 464. The second kappa shape index (κ2) is 9.20. The molecule has 0 spiro atoms. The minimum Gasteiger partial charge on any atom is -0.462 e.